The number of aliphatic carboxylic acids is 1. The van der Waals surface area contributed by atoms with Crippen LogP contribution in [0.5, 0.6) is 0 Å². The molecule has 0 aromatic heterocycles. The Balaban J connectivity index is 2.71. The highest BCUT2D eigenvalue weighted by atomic mass is 16.4. The van der Waals surface area contributed by atoms with Gasteiger partial charge in [0.2, 0.25) is 0 Å². The van der Waals surface area contributed by atoms with E-state index in [9.17, 15) is 9.90 Å². The summed E-state index contributed by atoms with van der Waals surface area (Å²) in [5.74, 6) is -0.0451. The van der Waals surface area contributed by atoms with Crippen LogP contribution in [0, 0.1) is 11.3 Å². The van der Waals surface area contributed by atoms with Crippen molar-refractivity contribution in [3.05, 3.63) is 12.2 Å². The van der Waals surface area contributed by atoms with Gasteiger partial charge in [-0.15, -0.1) is 0 Å². The number of hydrogen-bond donors (Lipinski definition) is 1. The Bertz CT molecular complexity index is 220. The maximum Gasteiger partial charge on any atom is 0.309 e. The molecular weight excluding hydrogens is 164 g/mol. The monoisotopic (exact) mass is 182 g/mol. The highest BCUT2D eigenvalue weighted by Crippen LogP contribution is 2.44. The van der Waals surface area contributed by atoms with Gasteiger partial charge in [-0.2, -0.15) is 0 Å². The van der Waals surface area contributed by atoms with Crippen LogP contribution in [0.4, 0.5) is 0 Å². The van der Waals surface area contributed by atoms with Gasteiger partial charge in [0.15, 0.2) is 0 Å². The molecular formula is C11H18O2. The Kier molecular flexibility index (Phi) is 3.12. The maximum atomic E-state index is 11.1. The van der Waals surface area contributed by atoms with Gasteiger partial charge in [0, 0.05) is 0 Å². The average Bonchev–Trinajstić information content (AvgIpc) is 2.45. The van der Waals surface area contributed by atoms with Crippen molar-refractivity contribution in [2.75, 3.05) is 0 Å². The molecule has 0 spiro atoms. The molecule has 13 heavy (non-hydrogen) atoms. The summed E-state index contributed by atoms with van der Waals surface area (Å²) in [6.45, 7) is 4.08. The second-order valence-electron chi connectivity index (χ2n) is 4.21. The lowest BCUT2D eigenvalue weighted by Gasteiger charge is -2.22. The Hall–Kier alpha value is -0.790. The molecule has 74 valence electrons. The molecule has 0 saturated heterocycles. The van der Waals surface area contributed by atoms with E-state index in [1.165, 1.54) is 0 Å². The molecule has 1 fully saturated rings. The van der Waals surface area contributed by atoms with Crippen molar-refractivity contribution < 1.29 is 9.90 Å². The van der Waals surface area contributed by atoms with E-state index in [1.807, 2.05) is 19.1 Å². The summed E-state index contributed by atoms with van der Waals surface area (Å²) in [7, 11) is 0. The first kappa shape index (κ1) is 10.3. The number of carboxylic acid groups (broad SMARTS) is 1. The summed E-state index contributed by atoms with van der Waals surface area (Å²) >= 11 is 0. The van der Waals surface area contributed by atoms with Crippen LogP contribution >= 0.6 is 0 Å². The highest BCUT2D eigenvalue weighted by molar-refractivity contribution is 5.75. The van der Waals surface area contributed by atoms with Gasteiger partial charge in [0.25, 0.3) is 0 Å². The van der Waals surface area contributed by atoms with Crippen LogP contribution in [0.1, 0.15) is 39.5 Å². The zero-order valence-corrected chi connectivity index (χ0v) is 8.42. The number of hydrogen-bond acceptors (Lipinski definition) is 1. The maximum absolute atomic E-state index is 11.1. The van der Waals surface area contributed by atoms with E-state index in [0.29, 0.717) is 12.3 Å². The molecule has 2 nitrogen and oxygen atoms in total. The third kappa shape index (κ3) is 2.11. The Morgan fingerprint density at radius 2 is 2.38 bits per heavy atom. The molecule has 0 heterocycles. The number of carbonyl (C=O) groups is 1. The molecule has 0 bridgehead atoms. The number of carboxylic acids is 1. The third-order valence-corrected chi connectivity index (χ3v) is 3.05. The van der Waals surface area contributed by atoms with Crippen molar-refractivity contribution in [2.24, 2.45) is 11.3 Å². The van der Waals surface area contributed by atoms with Crippen LogP contribution in [0.3, 0.4) is 0 Å². The van der Waals surface area contributed by atoms with Crippen molar-refractivity contribution >= 4 is 5.97 Å². The van der Waals surface area contributed by atoms with Crippen LogP contribution in [-0.4, -0.2) is 11.1 Å². The lowest BCUT2D eigenvalue weighted by Crippen LogP contribution is -2.27. The number of rotatable bonds is 3. The minimum atomic E-state index is -0.616. The Morgan fingerprint density at radius 3 is 2.77 bits per heavy atom. The van der Waals surface area contributed by atoms with Crippen molar-refractivity contribution in [2.45, 2.75) is 39.5 Å². The quantitative estimate of drug-likeness (QED) is 0.681. The van der Waals surface area contributed by atoms with Crippen molar-refractivity contribution in [3.8, 4) is 0 Å². The molecule has 1 aliphatic rings. The van der Waals surface area contributed by atoms with E-state index >= 15 is 0 Å². The third-order valence-electron chi connectivity index (χ3n) is 3.05. The van der Waals surface area contributed by atoms with Gasteiger partial charge in [0.05, 0.1) is 5.41 Å². The van der Waals surface area contributed by atoms with Crippen molar-refractivity contribution in [1.82, 2.24) is 0 Å². The minimum Gasteiger partial charge on any atom is -0.481 e. The standard InChI is InChI=1S/C11H18O2/c1-3-4-6-11(10(12)13)7-5-9(2)8-11/h3-4,9H,5-8H2,1-2H3,(H,12,13). The molecule has 1 N–H and O–H groups in total. The van der Waals surface area contributed by atoms with Crippen LogP contribution in [0.25, 0.3) is 0 Å². The summed E-state index contributed by atoms with van der Waals surface area (Å²) in [5.41, 5.74) is -0.452. The first-order valence-corrected chi connectivity index (χ1v) is 4.95. The zero-order valence-electron chi connectivity index (χ0n) is 8.42. The van der Waals surface area contributed by atoms with Crippen molar-refractivity contribution in [3.63, 3.8) is 0 Å². The molecule has 1 saturated carbocycles. The topological polar surface area (TPSA) is 37.3 Å². The molecule has 0 aromatic carbocycles. The lowest BCUT2D eigenvalue weighted by atomic mass is 9.82. The molecule has 1 rings (SSSR count). The van der Waals surface area contributed by atoms with Crippen LogP contribution in [-0.2, 0) is 4.79 Å². The fourth-order valence-electron chi connectivity index (χ4n) is 2.20. The highest BCUT2D eigenvalue weighted by Gasteiger charge is 2.42. The van der Waals surface area contributed by atoms with Crippen LogP contribution in [0.15, 0.2) is 12.2 Å². The molecule has 2 unspecified atom stereocenters. The first-order chi connectivity index (χ1) is 6.10. The fraction of sp³-hybridized carbons (Fsp3) is 0.727. The second-order valence-corrected chi connectivity index (χ2v) is 4.21. The molecule has 2 heteroatoms. The second kappa shape index (κ2) is 3.95. The lowest BCUT2D eigenvalue weighted by molar-refractivity contribution is -0.148. The first-order valence-electron chi connectivity index (χ1n) is 4.95. The minimum absolute atomic E-state index is 0.452. The molecule has 2 atom stereocenters. The summed E-state index contributed by atoms with van der Waals surface area (Å²) in [6, 6.07) is 0. The van der Waals surface area contributed by atoms with Gasteiger partial charge in [-0.05, 0) is 38.5 Å². The van der Waals surface area contributed by atoms with E-state index in [1.54, 1.807) is 0 Å². The normalized spacial score (nSPS) is 34.2. The van der Waals surface area contributed by atoms with Crippen LogP contribution < -0.4 is 0 Å². The molecule has 0 radical (unpaired) electrons. The SMILES string of the molecule is CC=CCC1(C(=O)O)CCC(C)C1. The van der Waals surface area contributed by atoms with Gasteiger partial charge in [-0.25, -0.2) is 0 Å². The van der Waals surface area contributed by atoms with Crippen LogP contribution in [0.2, 0.25) is 0 Å². The van der Waals surface area contributed by atoms with Gasteiger partial charge < -0.3 is 5.11 Å². The molecule has 1 aliphatic carbocycles. The molecule has 0 amide bonds. The van der Waals surface area contributed by atoms with E-state index in [4.69, 9.17) is 0 Å². The van der Waals surface area contributed by atoms with Gasteiger partial charge in [-0.3, -0.25) is 4.79 Å². The summed E-state index contributed by atoms with van der Waals surface area (Å²) < 4.78 is 0. The van der Waals surface area contributed by atoms with Crippen molar-refractivity contribution in [1.29, 1.82) is 0 Å². The average molecular weight is 182 g/mol. The molecule has 0 aromatic rings. The zero-order chi connectivity index (χ0) is 9.90. The molecule has 0 aliphatic heterocycles. The van der Waals surface area contributed by atoms with E-state index in [-0.39, 0.29) is 0 Å². The predicted octanol–water partition coefficient (Wildman–Crippen LogP) is 2.84. The summed E-state index contributed by atoms with van der Waals surface area (Å²) in [6.07, 6.45) is 7.35. The number of allylic oxidation sites excluding steroid dienone is 2. The van der Waals surface area contributed by atoms with Gasteiger partial charge >= 0.3 is 5.97 Å². The van der Waals surface area contributed by atoms with Gasteiger partial charge in [-0.1, -0.05) is 19.1 Å². The largest absolute Gasteiger partial charge is 0.481 e. The predicted molar refractivity (Wildman–Crippen MR) is 52.5 cm³/mol. The van der Waals surface area contributed by atoms with E-state index in [0.717, 1.165) is 19.3 Å². The Morgan fingerprint density at radius 1 is 1.69 bits per heavy atom. The van der Waals surface area contributed by atoms with E-state index < -0.39 is 11.4 Å². The van der Waals surface area contributed by atoms with E-state index in [2.05, 4.69) is 6.92 Å². The summed E-state index contributed by atoms with van der Waals surface area (Å²) in [5, 5.41) is 9.17. The Labute approximate surface area is 79.6 Å². The fourth-order valence-corrected chi connectivity index (χ4v) is 2.20. The summed E-state index contributed by atoms with van der Waals surface area (Å²) in [4.78, 5) is 11.1. The van der Waals surface area contributed by atoms with Gasteiger partial charge in [0.1, 0.15) is 0 Å². The smallest absolute Gasteiger partial charge is 0.309 e.